The average molecular weight is 355 g/mol. The van der Waals surface area contributed by atoms with Gasteiger partial charge in [0.1, 0.15) is 5.60 Å². The van der Waals surface area contributed by atoms with Crippen LogP contribution in [0.4, 0.5) is 5.69 Å². The largest absolute Gasteiger partial charge is 0.479 e. The molecule has 0 bridgehead atoms. The predicted molar refractivity (Wildman–Crippen MR) is 101 cm³/mol. The Balaban J connectivity index is 2.19. The fourth-order valence-corrected chi connectivity index (χ4v) is 3.73. The van der Waals surface area contributed by atoms with E-state index in [1.165, 1.54) is 0 Å². The summed E-state index contributed by atoms with van der Waals surface area (Å²) in [5, 5.41) is 12.0. The van der Waals surface area contributed by atoms with Crippen molar-refractivity contribution in [2.45, 2.75) is 51.7 Å². The lowest BCUT2D eigenvalue weighted by molar-refractivity contribution is -0.168. The van der Waals surface area contributed by atoms with Gasteiger partial charge in [-0.05, 0) is 51.5 Å². The van der Waals surface area contributed by atoms with Crippen LogP contribution in [0.25, 0.3) is 10.8 Å². The number of esters is 1. The lowest BCUT2D eigenvalue weighted by Gasteiger charge is -2.37. The van der Waals surface area contributed by atoms with Gasteiger partial charge in [0, 0.05) is 17.6 Å². The van der Waals surface area contributed by atoms with Gasteiger partial charge in [0.25, 0.3) is 0 Å². The topological polar surface area (TPSA) is 66.8 Å². The van der Waals surface area contributed by atoms with Crippen molar-refractivity contribution in [3.8, 4) is 0 Å². The Kier molecular flexibility index (Phi) is 4.42. The Morgan fingerprint density at radius 1 is 1.15 bits per heavy atom. The van der Waals surface area contributed by atoms with Crippen LogP contribution in [-0.2, 0) is 14.3 Å². The van der Waals surface area contributed by atoms with Crippen LogP contribution in [0.15, 0.2) is 36.4 Å². The summed E-state index contributed by atoms with van der Waals surface area (Å²) in [4.78, 5) is 27.1. The fourth-order valence-electron chi connectivity index (χ4n) is 3.73. The van der Waals surface area contributed by atoms with Crippen LogP contribution in [0, 0.1) is 6.92 Å². The maximum Gasteiger partial charge on any atom is 0.344 e. The first-order chi connectivity index (χ1) is 12.2. The summed E-state index contributed by atoms with van der Waals surface area (Å²) in [6.45, 7) is 7.71. The summed E-state index contributed by atoms with van der Waals surface area (Å²) in [6, 6.07) is 11.8. The molecule has 5 heteroatoms. The van der Waals surface area contributed by atoms with Gasteiger partial charge >= 0.3 is 11.9 Å². The summed E-state index contributed by atoms with van der Waals surface area (Å²) in [7, 11) is 0. The van der Waals surface area contributed by atoms with E-state index in [0.29, 0.717) is 13.0 Å². The van der Waals surface area contributed by atoms with Crippen LogP contribution in [0.3, 0.4) is 0 Å². The van der Waals surface area contributed by atoms with Gasteiger partial charge in [0.2, 0.25) is 5.54 Å². The van der Waals surface area contributed by atoms with Crippen molar-refractivity contribution >= 4 is 28.4 Å². The Morgan fingerprint density at radius 3 is 2.50 bits per heavy atom. The molecular weight excluding hydrogens is 330 g/mol. The minimum Gasteiger partial charge on any atom is -0.479 e. The highest BCUT2D eigenvalue weighted by atomic mass is 16.6. The second-order valence-corrected chi connectivity index (χ2v) is 7.87. The number of fused-ring (bicyclic) bond motifs is 1. The summed E-state index contributed by atoms with van der Waals surface area (Å²) in [6.07, 6.45) is 0.855. The van der Waals surface area contributed by atoms with E-state index in [9.17, 15) is 14.7 Å². The van der Waals surface area contributed by atoms with Gasteiger partial charge in [-0.2, -0.15) is 0 Å². The van der Waals surface area contributed by atoms with E-state index in [1.54, 1.807) is 25.7 Å². The van der Waals surface area contributed by atoms with Gasteiger partial charge in [0.15, 0.2) is 0 Å². The second-order valence-electron chi connectivity index (χ2n) is 7.87. The van der Waals surface area contributed by atoms with Crippen molar-refractivity contribution < 1.29 is 19.4 Å². The van der Waals surface area contributed by atoms with E-state index in [1.807, 2.05) is 43.3 Å². The van der Waals surface area contributed by atoms with Crippen LogP contribution >= 0.6 is 0 Å². The van der Waals surface area contributed by atoms with Gasteiger partial charge in [-0.1, -0.05) is 36.4 Å². The van der Waals surface area contributed by atoms with Gasteiger partial charge in [-0.15, -0.1) is 0 Å². The molecule has 3 rings (SSSR count). The molecule has 0 amide bonds. The molecule has 26 heavy (non-hydrogen) atoms. The fraction of sp³-hybridized carbons (Fsp3) is 0.429. The molecule has 5 nitrogen and oxygen atoms in total. The molecule has 1 fully saturated rings. The number of anilines is 1. The van der Waals surface area contributed by atoms with E-state index in [2.05, 4.69) is 0 Å². The Labute approximate surface area is 153 Å². The predicted octanol–water partition coefficient (Wildman–Crippen LogP) is 3.91. The summed E-state index contributed by atoms with van der Waals surface area (Å²) >= 11 is 0. The molecule has 1 saturated heterocycles. The minimum absolute atomic E-state index is 0.236. The van der Waals surface area contributed by atoms with Gasteiger partial charge in [0.05, 0.1) is 0 Å². The number of carbonyl (C=O) groups excluding carboxylic acids is 1. The standard InChI is InChI=1S/C21H25NO4/c1-14-10-11-15-8-5-6-9-16(15)17(14)22-13-7-12-21(22,18(23)24)19(25)26-20(2,3)4/h5-6,8-11H,7,12-13H2,1-4H3,(H,23,24). The van der Waals surface area contributed by atoms with Gasteiger partial charge in [-0.25, -0.2) is 9.59 Å². The molecule has 2 aromatic carbocycles. The molecule has 0 spiro atoms. The molecule has 1 unspecified atom stereocenters. The Hall–Kier alpha value is -2.56. The highest BCUT2D eigenvalue weighted by Crippen LogP contribution is 2.41. The van der Waals surface area contributed by atoms with Crippen molar-refractivity contribution in [2.75, 3.05) is 11.4 Å². The smallest absolute Gasteiger partial charge is 0.344 e. The SMILES string of the molecule is Cc1ccc2ccccc2c1N1CCCC1(C(=O)O)C(=O)OC(C)(C)C. The van der Waals surface area contributed by atoms with Crippen molar-refractivity contribution in [2.24, 2.45) is 0 Å². The number of nitrogens with zero attached hydrogens (tertiary/aromatic N) is 1. The van der Waals surface area contributed by atoms with Crippen LogP contribution in [0.2, 0.25) is 0 Å². The molecule has 0 aliphatic carbocycles. The number of hydrogen-bond donors (Lipinski definition) is 1. The van der Waals surface area contributed by atoms with Crippen molar-refractivity contribution in [1.82, 2.24) is 0 Å². The Bertz CT molecular complexity index is 868. The molecule has 0 saturated carbocycles. The first-order valence-electron chi connectivity index (χ1n) is 8.90. The first kappa shape index (κ1) is 18.2. The number of ether oxygens (including phenoxy) is 1. The molecule has 1 N–H and O–H groups in total. The van der Waals surface area contributed by atoms with Crippen molar-refractivity contribution in [1.29, 1.82) is 0 Å². The second kappa shape index (κ2) is 6.31. The van der Waals surface area contributed by atoms with Crippen LogP contribution in [0.5, 0.6) is 0 Å². The van der Waals surface area contributed by atoms with Crippen LogP contribution < -0.4 is 4.90 Å². The number of carboxylic acids is 1. The maximum absolute atomic E-state index is 13.0. The molecule has 1 aliphatic rings. The molecule has 138 valence electrons. The van der Waals surface area contributed by atoms with E-state index >= 15 is 0 Å². The number of benzene rings is 2. The zero-order valence-corrected chi connectivity index (χ0v) is 15.7. The number of aryl methyl sites for hydroxylation is 1. The third-order valence-electron chi connectivity index (χ3n) is 4.84. The lowest BCUT2D eigenvalue weighted by Crippen LogP contribution is -2.59. The van der Waals surface area contributed by atoms with Gasteiger partial charge in [-0.3, -0.25) is 0 Å². The van der Waals surface area contributed by atoms with Crippen molar-refractivity contribution in [3.63, 3.8) is 0 Å². The number of hydrogen-bond acceptors (Lipinski definition) is 4. The van der Waals surface area contributed by atoms with Crippen LogP contribution in [0.1, 0.15) is 39.2 Å². The monoisotopic (exact) mass is 355 g/mol. The summed E-state index contributed by atoms with van der Waals surface area (Å²) < 4.78 is 5.53. The van der Waals surface area contributed by atoms with E-state index in [0.717, 1.165) is 22.0 Å². The number of aliphatic carboxylic acids is 1. The third-order valence-corrected chi connectivity index (χ3v) is 4.84. The number of carboxylic acid groups (broad SMARTS) is 1. The van der Waals surface area contributed by atoms with E-state index in [4.69, 9.17) is 4.74 Å². The third kappa shape index (κ3) is 2.91. The minimum atomic E-state index is -1.69. The quantitative estimate of drug-likeness (QED) is 0.668. The Morgan fingerprint density at radius 2 is 1.85 bits per heavy atom. The van der Waals surface area contributed by atoms with Gasteiger partial charge < -0.3 is 14.7 Å². The summed E-state index contributed by atoms with van der Waals surface area (Å²) in [5.41, 5.74) is -0.697. The molecular formula is C21H25NO4. The molecule has 0 radical (unpaired) electrons. The lowest BCUT2D eigenvalue weighted by atomic mass is 9.93. The molecule has 0 aromatic heterocycles. The highest BCUT2D eigenvalue weighted by molar-refractivity contribution is 6.10. The number of rotatable bonds is 3. The first-order valence-corrected chi connectivity index (χ1v) is 8.90. The molecule has 1 aliphatic heterocycles. The zero-order valence-electron chi connectivity index (χ0n) is 15.7. The van der Waals surface area contributed by atoms with Crippen molar-refractivity contribution in [3.05, 3.63) is 42.0 Å². The van der Waals surface area contributed by atoms with E-state index < -0.39 is 23.1 Å². The summed E-state index contributed by atoms with van der Waals surface area (Å²) in [5.74, 6) is -1.85. The average Bonchev–Trinajstić information content (AvgIpc) is 2.99. The highest BCUT2D eigenvalue weighted by Gasteiger charge is 2.57. The zero-order chi connectivity index (χ0) is 19.1. The molecule has 1 heterocycles. The van der Waals surface area contributed by atoms with E-state index in [-0.39, 0.29) is 6.42 Å². The van der Waals surface area contributed by atoms with Crippen LogP contribution in [-0.4, -0.2) is 34.7 Å². The molecule has 2 aromatic rings. The normalized spacial score (nSPS) is 20.4. The maximum atomic E-state index is 13.0. The molecule has 1 atom stereocenters. The number of carbonyl (C=O) groups is 2.